The van der Waals surface area contributed by atoms with Crippen LogP contribution < -0.4 is 0 Å². The van der Waals surface area contributed by atoms with E-state index in [0.717, 1.165) is 25.7 Å². The molecule has 6 nitrogen and oxygen atoms in total. The van der Waals surface area contributed by atoms with Crippen LogP contribution in [-0.4, -0.2) is 63.8 Å². The van der Waals surface area contributed by atoms with Gasteiger partial charge in [-0.3, -0.25) is 0 Å². The van der Waals surface area contributed by atoms with Crippen molar-refractivity contribution in [3.63, 3.8) is 0 Å². The van der Waals surface area contributed by atoms with Gasteiger partial charge in [0.05, 0.1) is 6.10 Å². The smallest absolute Gasteiger partial charge is 0.326 e. The Bertz CT molecular complexity index is 379. The lowest BCUT2D eigenvalue weighted by molar-refractivity contribution is -0.141. The largest absolute Gasteiger partial charge is 0.480 e. The molecular weight excluding hydrogens is 260 g/mol. The summed E-state index contributed by atoms with van der Waals surface area (Å²) in [6, 6.07) is -0.984. The molecule has 2 aliphatic rings. The summed E-state index contributed by atoms with van der Waals surface area (Å²) in [4.78, 5) is 26.6. The van der Waals surface area contributed by atoms with Crippen LogP contribution >= 0.6 is 0 Å². The second-order valence-corrected chi connectivity index (χ2v) is 6.20. The minimum Gasteiger partial charge on any atom is -0.480 e. The zero-order valence-electron chi connectivity index (χ0n) is 12.2. The number of hydrogen-bond donors (Lipinski definition) is 2. The predicted molar refractivity (Wildman–Crippen MR) is 73.3 cm³/mol. The number of aliphatic carboxylic acids is 1. The first kappa shape index (κ1) is 15.1. The van der Waals surface area contributed by atoms with Crippen molar-refractivity contribution in [2.75, 3.05) is 13.6 Å². The minimum absolute atomic E-state index is 0.114. The average molecular weight is 284 g/mol. The number of likely N-dealkylation sites (tertiary alicyclic amines) is 1. The van der Waals surface area contributed by atoms with Crippen molar-refractivity contribution in [1.82, 2.24) is 9.80 Å². The summed E-state index contributed by atoms with van der Waals surface area (Å²) < 4.78 is 0. The highest BCUT2D eigenvalue weighted by Gasteiger charge is 2.41. The van der Waals surface area contributed by atoms with Crippen molar-refractivity contribution in [2.45, 2.75) is 57.2 Å². The molecule has 2 amide bonds. The van der Waals surface area contributed by atoms with Crippen molar-refractivity contribution in [3.8, 4) is 0 Å². The van der Waals surface area contributed by atoms with Crippen LogP contribution in [0.4, 0.5) is 4.79 Å². The Labute approximate surface area is 119 Å². The molecule has 1 heterocycles. The molecule has 2 atom stereocenters. The third-order valence-electron chi connectivity index (χ3n) is 4.64. The van der Waals surface area contributed by atoms with Crippen molar-refractivity contribution < 1.29 is 19.8 Å². The van der Waals surface area contributed by atoms with Crippen molar-refractivity contribution in [2.24, 2.45) is 5.92 Å². The monoisotopic (exact) mass is 284 g/mol. The maximum Gasteiger partial charge on any atom is 0.326 e. The lowest BCUT2D eigenvalue weighted by atomic mass is 9.87. The maximum absolute atomic E-state index is 12.5. The second-order valence-electron chi connectivity index (χ2n) is 6.20. The summed E-state index contributed by atoms with van der Waals surface area (Å²) in [5.41, 5.74) is 0. The molecule has 2 rings (SSSR count). The Morgan fingerprint density at radius 2 is 1.80 bits per heavy atom. The predicted octanol–water partition coefficient (Wildman–Crippen LogP) is 1.14. The third-order valence-corrected chi connectivity index (χ3v) is 4.64. The van der Waals surface area contributed by atoms with Crippen LogP contribution in [0, 0.1) is 5.92 Å². The molecule has 0 spiro atoms. The van der Waals surface area contributed by atoms with Gasteiger partial charge in [0.1, 0.15) is 6.04 Å². The van der Waals surface area contributed by atoms with E-state index >= 15 is 0 Å². The van der Waals surface area contributed by atoms with Crippen molar-refractivity contribution >= 4 is 12.0 Å². The Balaban J connectivity index is 2.00. The summed E-state index contributed by atoms with van der Waals surface area (Å²) in [6.45, 7) is 2.33. The van der Waals surface area contributed by atoms with E-state index in [2.05, 4.69) is 6.92 Å². The van der Waals surface area contributed by atoms with Crippen LogP contribution in [0.1, 0.15) is 39.0 Å². The number of rotatable bonds is 2. The molecule has 1 saturated carbocycles. The SMILES string of the molecule is CC1CCC(N(C)C(=O)N2C[C@H](O)C[C@@H]2C(=O)O)CC1. The quantitative estimate of drug-likeness (QED) is 0.796. The third kappa shape index (κ3) is 3.06. The van der Waals surface area contributed by atoms with Gasteiger partial charge < -0.3 is 20.0 Å². The molecule has 1 saturated heterocycles. The minimum atomic E-state index is -1.04. The fourth-order valence-electron chi connectivity index (χ4n) is 3.25. The van der Waals surface area contributed by atoms with Gasteiger partial charge in [-0.15, -0.1) is 0 Å². The van der Waals surface area contributed by atoms with Crippen LogP contribution in [0.15, 0.2) is 0 Å². The molecule has 0 radical (unpaired) electrons. The number of aliphatic hydroxyl groups excluding tert-OH is 1. The average Bonchev–Trinajstić information content (AvgIpc) is 2.80. The van der Waals surface area contributed by atoms with E-state index in [1.165, 1.54) is 4.90 Å². The maximum atomic E-state index is 12.5. The first-order valence-electron chi connectivity index (χ1n) is 7.34. The van der Waals surface area contributed by atoms with Crippen LogP contribution in [0.25, 0.3) is 0 Å². The van der Waals surface area contributed by atoms with E-state index < -0.39 is 18.1 Å². The van der Waals surface area contributed by atoms with Crippen LogP contribution in [0.3, 0.4) is 0 Å². The molecule has 1 aliphatic heterocycles. The molecular formula is C14H24N2O4. The van der Waals surface area contributed by atoms with Crippen molar-refractivity contribution in [3.05, 3.63) is 0 Å². The summed E-state index contributed by atoms with van der Waals surface area (Å²) >= 11 is 0. The standard InChI is InChI=1S/C14H24N2O4/c1-9-3-5-10(6-4-9)15(2)14(20)16-8-11(17)7-12(16)13(18)19/h9-12,17H,3-8H2,1-2H3,(H,18,19)/t9?,10?,11-,12-/m1/s1. The zero-order chi connectivity index (χ0) is 14.9. The van der Waals surface area contributed by atoms with Gasteiger partial charge in [0.15, 0.2) is 0 Å². The number of carboxylic acids is 1. The number of carbonyl (C=O) groups excluding carboxylic acids is 1. The number of urea groups is 1. The number of carboxylic acid groups (broad SMARTS) is 1. The summed E-state index contributed by atoms with van der Waals surface area (Å²) in [5, 5.41) is 18.8. The molecule has 2 fully saturated rings. The van der Waals surface area contributed by atoms with Crippen molar-refractivity contribution in [1.29, 1.82) is 0 Å². The van der Waals surface area contributed by atoms with E-state index in [0.29, 0.717) is 5.92 Å². The van der Waals surface area contributed by atoms with E-state index in [1.807, 2.05) is 0 Å². The molecule has 20 heavy (non-hydrogen) atoms. The van der Waals surface area contributed by atoms with E-state index in [9.17, 15) is 14.7 Å². The number of β-amino-alcohol motifs (C(OH)–C–C–N with tert-alkyl or cyclic N) is 1. The molecule has 0 aromatic heterocycles. The van der Waals surface area contributed by atoms with Gasteiger partial charge in [0.25, 0.3) is 0 Å². The van der Waals surface area contributed by atoms with Crippen LogP contribution in [0.5, 0.6) is 0 Å². The first-order valence-corrected chi connectivity index (χ1v) is 7.34. The lowest BCUT2D eigenvalue weighted by Gasteiger charge is -2.36. The van der Waals surface area contributed by atoms with E-state index in [1.54, 1.807) is 11.9 Å². The Hall–Kier alpha value is -1.30. The highest BCUT2D eigenvalue weighted by atomic mass is 16.4. The number of aliphatic hydroxyl groups is 1. The van der Waals surface area contributed by atoms with Gasteiger partial charge in [-0.05, 0) is 31.6 Å². The molecule has 0 aromatic carbocycles. The van der Waals surface area contributed by atoms with Gasteiger partial charge in [0, 0.05) is 26.1 Å². The van der Waals surface area contributed by atoms with E-state index in [-0.39, 0.29) is 25.0 Å². The summed E-state index contributed by atoms with van der Waals surface area (Å²) in [7, 11) is 1.74. The van der Waals surface area contributed by atoms with Crippen LogP contribution in [-0.2, 0) is 4.79 Å². The first-order chi connectivity index (χ1) is 9.40. The van der Waals surface area contributed by atoms with Gasteiger partial charge in [-0.25, -0.2) is 9.59 Å². The lowest BCUT2D eigenvalue weighted by Crippen LogP contribution is -2.50. The van der Waals surface area contributed by atoms with Gasteiger partial charge in [-0.1, -0.05) is 6.92 Å². The number of hydrogen-bond acceptors (Lipinski definition) is 3. The summed E-state index contributed by atoms with van der Waals surface area (Å²) in [6.07, 6.45) is 3.53. The number of nitrogens with zero attached hydrogens (tertiary/aromatic N) is 2. The summed E-state index contributed by atoms with van der Waals surface area (Å²) in [5.74, 6) is -0.337. The fraction of sp³-hybridized carbons (Fsp3) is 0.857. The topological polar surface area (TPSA) is 81.1 Å². The normalized spacial score (nSPS) is 34.0. The molecule has 0 bridgehead atoms. The number of amides is 2. The molecule has 114 valence electrons. The van der Waals surface area contributed by atoms with E-state index in [4.69, 9.17) is 5.11 Å². The highest BCUT2D eigenvalue weighted by molar-refractivity contribution is 5.83. The molecule has 1 aliphatic carbocycles. The Kier molecular flexibility index (Phi) is 4.52. The van der Waals surface area contributed by atoms with Gasteiger partial charge in [-0.2, -0.15) is 0 Å². The molecule has 2 N–H and O–H groups in total. The zero-order valence-corrected chi connectivity index (χ0v) is 12.2. The Morgan fingerprint density at radius 3 is 2.35 bits per heavy atom. The highest BCUT2D eigenvalue weighted by Crippen LogP contribution is 2.28. The molecule has 6 heteroatoms. The fourth-order valence-corrected chi connectivity index (χ4v) is 3.25. The Morgan fingerprint density at radius 1 is 1.20 bits per heavy atom. The van der Waals surface area contributed by atoms with Crippen LogP contribution in [0.2, 0.25) is 0 Å². The second kappa shape index (κ2) is 5.99. The molecule has 0 unspecified atom stereocenters. The number of carbonyl (C=O) groups is 2. The molecule has 0 aromatic rings. The van der Waals surface area contributed by atoms with Gasteiger partial charge >= 0.3 is 12.0 Å². The van der Waals surface area contributed by atoms with Gasteiger partial charge in [0.2, 0.25) is 0 Å².